The summed E-state index contributed by atoms with van der Waals surface area (Å²) in [6, 6.07) is 3.15. The summed E-state index contributed by atoms with van der Waals surface area (Å²) < 4.78 is 29.0. The molecule has 0 saturated heterocycles. The first-order valence-electron chi connectivity index (χ1n) is 7.02. The van der Waals surface area contributed by atoms with Crippen LogP contribution in [0.25, 0.3) is 0 Å². The van der Waals surface area contributed by atoms with Crippen molar-refractivity contribution in [2.45, 2.75) is 37.9 Å². The lowest BCUT2D eigenvalue weighted by Gasteiger charge is -2.16. The van der Waals surface area contributed by atoms with Gasteiger partial charge in [-0.05, 0) is 44.9 Å². The quantitative estimate of drug-likeness (QED) is 0.794. The van der Waals surface area contributed by atoms with Gasteiger partial charge in [0.15, 0.2) is 0 Å². The predicted molar refractivity (Wildman–Crippen MR) is 90.2 cm³/mol. The van der Waals surface area contributed by atoms with Gasteiger partial charge < -0.3 is 0 Å². The van der Waals surface area contributed by atoms with E-state index in [0.717, 1.165) is 34.8 Å². The van der Waals surface area contributed by atoms with Gasteiger partial charge in [0, 0.05) is 25.8 Å². The summed E-state index contributed by atoms with van der Waals surface area (Å²) in [5.74, 6) is 0. The molecule has 0 aliphatic carbocycles. The van der Waals surface area contributed by atoms with Crippen LogP contribution in [0.15, 0.2) is 16.3 Å². The molecule has 0 aromatic carbocycles. The highest BCUT2D eigenvalue weighted by molar-refractivity contribution is 7.91. The van der Waals surface area contributed by atoms with Crippen molar-refractivity contribution < 1.29 is 8.42 Å². The average molecular weight is 362 g/mol. The summed E-state index contributed by atoms with van der Waals surface area (Å²) in [5, 5.41) is 4.46. The maximum Gasteiger partial charge on any atom is 0.252 e. The van der Waals surface area contributed by atoms with Crippen molar-refractivity contribution >= 4 is 33.0 Å². The second-order valence-electron chi connectivity index (χ2n) is 5.10. The molecule has 122 valence electrons. The van der Waals surface area contributed by atoms with Crippen LogP contribution in [-0.4, -0.2) is 36.1 Å². The molecular formula is C14H20ClN3O2S2. The number of halogens is 1. The van der Waals surface area contributed by atoms with Crippen LogP contribution >= 0.6 is 22.9 Å². The molecule has 22 heavy (non-hydrogen) atoms. The van der Waals surface area contributed by atoms with Crippen LogP contribution in [0.2, 0.25) is 4.34 Å². The molecule has 2 heterocycles. The van der Waals surface area contributed by atoms with Crippen LogP contribution in [0.3, 0.4) is 0 Å². The molecule has 0 fully saturated rings. The van der Waals surface area contributed by atoms with Crippen LogP contribution in [0, 0.1) is 13.8 Å². The highest BCUT2D eigenvalue weighted by Crippen LogP contribution is 2.27. The molecule has 0 bridgehead atoms. The van der Waals surface area contributed by atoms with Gasteiger partial charge in [0.05, 0.1) is 10.0 Å². The first kappa shape index (κ1) is 17.5. The summed E-state index contributed by atoms with van der Waals surface area (Å²) in [5.41, 5.74) is 3.18. The number of aromatic nitrogens is 2. The number of sulfonamides is 1. The van der Waals surface area contributed by atoms with Crippen molar-refractivity contribution in [3.05, 3.63) is 33.4 Å². The molecule has 5 nitrogen and oxygen atoms in total. The zero-order valence-corrected chi connectivity index (χ0v) is 15.5. The van der Waals surface area contributed by atoms with Gasteiger partial charge in [-0.3, -0.25) is 4.68 Å². The Morgan fingerprint density at radius 1 is 1.36 bits per heavy atom. The molecule has 8 heteroatoms. The smallest absolute Gasteiger partial charge is 0.252 e. The van der Waals surface area contributed by atoms with Crippen molar-refractivity contribution in [2.24, 2.45) is 0 Å². The third-order valence-corrected chi connectivity index (χ3v) is 7.28. The summed E-state index contributed by atoms with van der Waals surface area (Å²) >= 11 is 6.91. The van der Waals surface area contributed by atoms with Crippen molar-refractivity contribution in [1.82, 2.24) is 14.1 Å². The Morgan fingerprint density at radius 2 is 2.05 bits per heavy atom. The number of thiophene rings is 1. The lowest BCUT2D eigenvalue weighted by Crippen LogP contribution is -2.28. The van der Waals surface area contributed by atoms with Crippen LogP contribution < -0.4 is 0 Å². The lowest BCUT2D eigenvalue weighted by molar-refractivity contribution is 0.473. The second-order valence-corrected chi connectivity index (χ2v) is 9.09. The number of likely N-dealkylation sites (N-methyl/N-ethyl adjacent to an activating group) is 1. The van der Waals surface area contributed by atoms with E-state index < -0.39 is 10.0 Å². The third-order valence-electron chi connectivity index (χ3n) is 3.72. The van der Waals surface area contributed by atoms with Crippen LogP contribution in [-0.2, 0) is 23.0 Å². The standard InChI is InChI=1S/C14H20ClN3O2S2/c1-5-18-11(3)12(10(2)16-18)8-9-17(4)22(19,20)14-7-6-13(15)21-14/h6-7H,5,8-9H2,1-4H3. The summed E-state index contributed by atoms with van der Waals surface area (Å²) in [6.45, 7) is 7.25. The molecule has 0 aliphatic rings. The Hall–Kier alpha value is -0.890. The molecule has 0 atom stereocenters. The normalized spacial score (nSPS) is 12.3. The number of hydrogen-bond donors (Lipinski definition) is 0. The van der Waals surface area contributed by atoms with E-state index >= 15 is 0 Å². The topological polar surface area (TPSA) is 55.2 Å². The maximum atomic E-state index is 12.5. The average Bonchev–Trinajstić information content (AvgIpc) is 3.01. The maximum absolute atomic E-state index is 12.5. The highest BCUT2D eigenvalue weighted by Gasteiger charge is 2.23. The first-order chi connectivity index (χ1) is 10.3. The molecule has 2 aromatic heterocycles. The van der Waals surface area contributed by atoms with Crippen molar-refractivity contribution in [3.63, 3.8) is 0 Å². The van der Waals surface area contributed by atoms with E-state index in [1.165, 1.54) is 4.31 Å². The van der Waals surface area contributed by atoms with Crippen molar-refractivity contribution in [2.75, 3.05) is 13.6 Å². The lowest BCUT2D eigenvalue weighted by atomic mass is 10.1. The fourth-order valence-corrected chi connectivity index (χ4v) is 5.25. The largest absolute Gasteiger partial charge is 0.270 e. The fourth-order valence-electron chi connectivity index (χ4n) is 2.38. The summed E-state index contributed by atoms with van der Waals surface area (Å²) in [7, 11) is -1.88. The number of aryl methyl sites for hydroxylation is 2. The molecular weight excluding hydrogens is 342 g/mol. The second kappa shape index (κ2) is 6.70. The minimum absolute atomic E-state index is 0.276. The van der Waals surface area contributed by atoms with Crippen LogP contribution in [0.1, 0.15) is 23.9 Å². The van der Waals surface area contributed by atoms with Gasteiger partial charge in [0.2, 0.25) is 0 Å². The zero-order chi connectivity index (χ0) is 16.5. The summed E-state index contributed by atoms with van der Waals surface area (Å²) in [4.78, 5) is 0. The Balaban J connectivity index is 2.13. The number of hydrogen-bond acceptors (Lipinski definition) is 4. The first-order valence-corrected chi connectivity index (χ1v) is 9.65. The molecule has 0 amide bonds. The molecule has 0 aliphatic heterocycles. The monoisotopic (exact) mass is 361 g/mol. The van der Waals surface area contributed by atoms with Gasteiger partial charge in [-0.2, -0.15) is 9.40 Å². The molecule has 0 radical (unpaired) electrons. The minimum atomic E-state index is -3.47. The Morgan fingerprint density at radius 3 is 2.55 bits per heavy atom. The summed E-state index contributed by atoms with van der Waals surface area (Å²) in [6.07, 6.45) is 0.645. The molecule has 2 aromatic rings. The van der Waals surface area contributed by atoms with Gasteiger partial charge in [0.25, 0.3) is 10.0 Å². The van der Waals surface area contributed by atoms with Gasteiger partial charge in [0.1, 0.15) is 4.21 Å². The van der Waals surface area contributed by atoms with Gasteiger partial charge in [-0.25, -0.2) is 8.42 Å². The molecule has 0 saturated carbocycles. The number of rotatable bonds is 6. The third kappa shape index (κ3) is 3.37. The Labute approximate surface area is 140 Å². The SMILES string of the molecule is CCn1nc(C)c(CCN(C)S(=O)(=O)c2ccc(Cl)s2)c1C. The molecule has 0 unspecified atom stereocenters. The van der Waals surface area contributed by atoms with E-state index in [-0.39, 0.29) is 4.21 Å². The van der Waals surface area contributed by atoms with Crippen LogP contribution in [0.4, 0.5) is 0 Å². The highest BCUT2D eigenvalue weighted by atomic mass is 35.5. The fraction of sp³-hybridized carbons (Fsp3) is 0.500. The van der Waals surface area contributed by atoms with Crippen LogP contribution in [0.5, 0.6) is 0 Å². The van der Waals surface area contributed by atoms with E-state index in [0.29, 0.717) is 17.3 Å². The molecule has 0 N–H and O–H groups in total. The zero-order valence-electron chi connectivity index (χ0n) is 13.1. The Kier molecular flexibility index (Phi) is 5.32. The van der Waals surface area contributed by atoms with Gasteiger partial charge >= 0.3 is 0 Å². The van der Waals surface area contributed by atoms with Crippen molar-refractivity contribution in [1.29, 1.82) is 0 Å². The van der Waals surface area contributed by atoms with E-state index in [4.69, 9.17) is 11.6 Å². The predicted octanol–water partition coefficient (Wildman–Crippen LogP) is 3.10. The van der Waals surface area contributed by atoms with Gasteiger partial charge in [-0.1, -0.05) is 11.6 Å². The van der Waals surface area contributed by atoms with E-state index in [2.05, 4.69) is 5.10 Å². The van der Waals surface area contributed by atoms with E-state index in [9.17, 15) is 8.42 Å². The van der Waals surface area contributed by atoms with E-state index in [1.54, 1.807) is 19.2 Å². The van der Waals surface area contributed by atoms with Gasteiger partial charge in [-0.15, -0.1) is 11.3 Å². The Bertz CT molecular complexity index is 765. The van der Waals surface area contributed by atoms with Crippen molar-refractivity contribution in [3.8, 4) is 0 Å². The van der Waals surface area contributed by atoms with E-state index in [1.807, 2.05) is 25.5 Å². The minimum Gasteiger partial charge on any atom is -0.270 e. The molecule has 0 spiro atoms. The molecule has 2 rings (SSSR count). The number of nitrogens with zero attached hydrogens (tertiary/aromatic N) is 3.